The first-order valence-electron chi connectivity index (χ1n) is 6.16. The topological polar surface area (TPSA) is 40.5 Å². The van der Waals surface area contributed by atoms with Gasteiger partial charge in [-0.3, -0.25) is 0 Å². The predicted molar refractivity (Wildman–Crippen MR) is 70.5 cm³/mol. The quantitative estimate of drug-likeness (QED) is 0.823. The fourth-order valence-corrected chi connectivity index (χ4v) is 1.97. The second-order valence-corrected chi connectivity index (χ2v) is 4.29. The van der Waals surface area contributed by atoms with Gasteiger partial charge in [-0.2, -0.15) is 0 Å². The van der Waals surface area contributed by atoms with Gasteiger partial charge < -0.3 is 10.0 Å². The van der Waals surface area contributed by atoms with E-state index in [1.807, 2.05) is 43.0 Å². The summed E-state index contributed by atoms with van der Waals surface area (Å²) in [6, 6.07) is 7.60. The second kappa shape index (κ2) is 6.28. The smallest absolute Gasteiger partial charge is 0.326 e. The minimum absolute atomic E-state index is 0.433. The Morgan fingerprint density at radius 3 is 2.29 bits per heavy atom. The number of nitrogens with zero attached hydrogens (tertiary/aromatic N) is 1. The predicted octanol–water partition coefficient (Wildman–Crippen LogP) is 3.07. The Hall–Kier alpha value is -1.51. The Bertz CT molecular complexity index is 359. The molecule has 1 aromatic carbocycles. The number of aryl methyl sites for hydroxylation is 1. The third-order valence-corrected chi connectivity index (χ3v) is 2.88. The summed E-state index contributed by atoms with van der Waals surface area (Å²) in [6.45, 7) is 6.78. The van der Waals surface area contributed by atoms with Crippen molar-refractivity contribution in [1.29, 1.82) is 0 Å². The van der Waals surface area contributed by atoms with Gasteiger partial charge in [0.25, 0.3) is 0 Å². The van der Waals surface area contributed by atoms with Crippen molar-refractivity contribution in [3.05, 3.63) is 29.8 Å². The molecule has 0 radical (unpaired) electrons. The summed E-state index contributed by atoms with van der Waals surface area (Å²) in [6.07, 6.45) is 1.56. The molecule has 0 bridgehead atoms. The molecule has 17 heavy (non-hydrogen) atoms. The fourth-order valence-electron chi connectivity index (χ4n) is 1.97. The van der Waals surface area contributed by atoms with Crippen LogP contribution in [0.25, 0.3) is 0 Å². The van der Waals surface area contributed by atoms with Gasteiger partial charge in [-0.1, -0.05) is 31.5 Å². The summed E-state index contributed by atoms with van der Waals surface area (Å²) in [7, 11) is 0. The van der Waals surface area contributed by atoms with Gasteiger partial charge >= 0.3 is 5.97 Å². The third-order valence-electron chi connectivity index (χ3n) is 2.88. The molecule has 0 fully saturated rings. The average Bonchev–Trinajstić information content (AvgIpc) is 2.29. The molecule has 1 atom stereocenters. The average molecular weight is 235 g/mol. The molecule has 3 heteroatoms. The molecule has 0 heterocycles. The van der Waals surface area contributed by atoms with Gasteiger partial charge in [0.05, 0.1) is 0 Å². The molecule has 0 amide bonds. The Kier molecular flexibility index (Phi) is 5.01. The van der Waals surface area contributed by atoms with Crippen LogP contribution in [0.2, 0.25) is 0 Å². The van der Waals surface area contributed by atoms with Crippen LogP contribution in [-0.2, 0) is 4.79 Å². The molecule has 0 aliphatic heterocycles. The zero-order chi connectivity index (χ0) is 12.8. The number of rotatable bonds is 6. The van der Waals surface area contributed by atoms with Gasteiger partial charge in [0.1, 0.15) is 6.04 Å². The molecule has 1 N–H and O–H groups in total. The van der Waals surface area contributed by atoms with Crippen LogP contribution in [-0.4, -0.2) is 23.7 Å². The zero-order valence-corrected chi connectivity index (χ0v) is 10.8. The van der Waals surface area contributed by atoms with E-state index in [1.54, 1.807) is 0 Å². The lowest BCUT2D eigenvalue weighted by molar-refractivity contribution is -0.138. The summed E-state index contributed by atoms with van der Waals surface area (Å²) in [5.74, 6) is -0.749. The van der Waals surface area contributed by atoms with Crippen molar-refractivity contribution >= 4 is 11.7 Å². The molecule has 0 aliphatic rings. The summed E-state index contributed by atoms with van der Waals surface area (Å²) >= 11 is 0. The maximum atomic E-state index is 11.2. The first-order valence-corrected chi connectivity index (χ1v) is 6.16. The second-order valence-electron chi connectivity index (χ2n) is 4.29. The number of anilines is 1. The normalized spacial score (nSPS) is 12.2. The number of carbonyl (C=O) groups is 1. The van der Waals surface area contributed by atoms with Crippen LogP contribution < -0.4 is 4.90 Å². The van der Waals surface area contributed by atoms with E-state index in [-0.39, 0.29) is 0 Å². The van der Waals surface area contributed by atoms with E-state index in [0.29, 0.717) is 6.42 Å². The Balaban J connectivity index is 2.98. The Morgan fingerprint density at radius 2 is 1.88 bits per heavy atom. The minimum atomic E-state index is -0.749. The van der Waals surface area contributed by atoms with Gasteiger partial charge in [0, 0.05) is 12.2 Å². The lowest BCUT2D eigenvalue weighted by atomic mass is 10.1. The fraction of sp³-hybridized carbons (Fsp3) is 0.500. The molecule has 1 aromatic rings. The van der Waals surface area contributed by atoms with Crippen molar-refractivity contribution in [2.45, 2.75) is 39.7 Å². The molecular weight excluding hydrogens is 214 g/mol. The third kappa shape index (κ3) is 3.48. The number of hydrogen-bond acceptors (Lipinski definition) is 2. The van der Waals surface area contributed by atoms with E-state index in [1.165, 1.54) is 5.56 Å². The first-order chi connectivity index (χ1) is 8.10. The van der Waals surface area contributed by atoms with Crippen molar-refractivity contribution in [2.24, 2.45) is 0 Å². The Morgan fingerprint density at radius 1 is 1.29 bits per heavy atom. The van der Waals surface area contributed by atoms with Crippen LogP contribution in [0, 0.1) is 6.92 Å². The highest BCUT2D eigenvalue weighted by Crippen LogP contribution is 2.20. The van der Waals surface area contributed by atoms with Crippen molar-refractivity contribution in [1.82, 2.24) is 0 Å². The summed E-state index contributed by atoms with van der Waals surface area (Å²) in [5.41, 5.74) is 2.18. The van der Waals surface area contributed by atoms with E-state index < -0.39 is 12.0 Å². The standard InChI is InChI=1S/C14H21NO2/c1-4-10-15(13(5-2)14(16)17)12-8-6-11(3)7-9-12/h6-9,13H,4-5,10H2,1-3H3,(H,16,17)/t13-/m0/s1. The summed E-state index contributed by atoms with van der Waals surface area (Å²) in [5, 5.41) is 9.24. The summed E-state index contributed by atoms with van der Waals surface area (Å²) in [4.78, 5) is 13.2. The maximum Gasteiger partial charge on any atom is 0.326 e. The monoisotopic (exact) mass is 235 g/mol. The molecule has 0 aromatic heterocycles. The first kappa shape index (κ1) is 13.6. The van der Waals surface area contributed by atoms with Gasteiger partial charge in [-0.05, 0) is 31.9 Å². The summed E-state index contributed by atoms with van der Waals surface area (Å²) < 4.78 is 0. The highest BCUT2D eigenvalue weighted by molar-refractivity contribution is 5.78. The van der Waals surface area contributed by atoms with Crippen molar-refractivity contribution in [3.63, 3.8) is 0 Å². The maximum absolute atomic E-state index is 11.2. The number of carboxylic acids is 1. The molecule has 1 rings (SSSR count). The van der Waals surface area contributed by atoms with Crippen LogP contribution in [0.1, 0.15) is 32.3 Å². The van der Waals surface area contributed by atoms with E-state index in [4.69, 9.17) is 0 Å². The zero-order valence-electron chi connectivity index (χ0n) is 10.8. The van der Waals surface area contributed by atoms with Gasteiger partial charge in [-0.15, -0.1) is 0 Å². The lowest BCUT2D eigenvalue weighted by Gasteiger charge is -2.30. The van der Waals surface area contributed by atoms with Gasteiger partial charge in [0.2, 0.25) is 0 Å². The molecule has 0 unspecified atom stereocenters. The molecular formula is C14H21NO2. The minimum Gasteiger partial charge on any atom is -0.480 e. The molecule has 3 nitrogen and oxygen atoms in total. The lowest BCUT2D eigenvalue weighted by Crippen LogP contribution is -2.41. The molecule has 0 aliphatic carbocycles. The van der Waals surface area contributed by atoms with Crippen molar-refractivity contribution in [3.8, 4) is 0 Å². The molecule has 0 saturated carbocycles. The van der Waals surface area contributed by atoms with Crippen LogP contribution in [0.4, 0.5) is 5.69 Å². The Labute approximate surface area is 103 Å². The number of benzene rings is 1. The van der Waals surface area contributed by atoms with Crippen LogP contribution in [0.5, 0.6) is 0 Å². The largest absolute Gasteiger partial charge is 0.480 e. The van der Waals surface area contributed by atoms with E-state index >= 15 is 0 Å². The van der Waals surface area contributed by atoms with Crippen molar-refractivity contribution < 1.29 is 9.90 Å². The number of aliphatic carboxylic acids is 1. The van der Waals surface area contributed by atoms with Crippen LogP contribution in [0.15, 0.2) is 24.3 Å². The van der Waals surface area contributed by atoms with Crippen LogP contribution >= 0.6 is 0 Å². The highest BCUT2D eigenvalue weighted by Gasteiger charge is 2.23. The molecule has 0 saturated heterocycles. The SMILES string of the molecule is CCCN(c1ccc(C)cc1)[C@@H](CC)C(=O)O. The van der Waals surface area contributed by atoms with Gasteiger partial charge in [-0.25, -0.2) is 4.79 Å². The van der Waals surface area contributed by atoms with E-state index in [2.05, 4.69) is 6.92 Å². The van der Waals surface area contributed by atoms with E-state index in [0.717, 1.165) is 18.7 Å². The number of hydrogen-bond donors (Lipinski definition) is 1. The molecule has 94 valence electrons. The van der Waals surface area contributed by atoms with Crippen molar-refractivity contribution in [2.75, 3.05) is 11.4 Å². The van der Waals surface area contributed by atoms with E-state index in [9.17, 15) is 9.90 Å². The van der Waals surface area contributed by atoms with Gasteiger partial charge in [0.15, 0.2) is 0 Å². The van der Waals surface area contributed by atoms with Crippen LogP contribution in [0.3, 0.4) is 0 Å². The molecule has 0 spiro atoms. The highest BCUT2D eigenvalue weighted by atomic mass is 16.4. The number of carboxylic acid groups (broad SMARTS) is 1.